The minimum absolute atomic E-state index is 0.651. The number of carbonyl (C=O) groups is 1. The maximum absolute atomic E-state index is 10.7. The van der Waals surface area contributed by atoms with Crippen LogP contribution in [0.2, 0.25) is 0 Å². The monoisotopic (exact) mass is 225 g/mol. The summed E-state index contributed by atoms with van der Waals surface area (Å²) in [5.74, 6) is 0. The molecule has 0 fully saturated rings. The number of hydrogen-bond donors (Lipinski definition) is 0. The van der Waals surface area contributed by atoms with E-state index in [-0.39, 0.29) is 0 Å². The van der Waals surface area contributed by atoms with Crippen LogP contribution in [0.15, 0.2) is 30.3 Å². The fourth-order valence-electron chi connectivity index (χ4n) is 1.95. The van der Waals surface area contributed by atoms with Crippen LogP contribution in [-0.2, 0) is 0 Å². The molecule has 0 saturated carbocycles. The summed E-state index contributed by atoms with van der Waals surface area (Å²) in [7, 11) is 0. The molecule has 1 aromatic carbocycles. The quantitative estimate of drug-likeness (QED) is 0.732. The fraction of sp³-hybridized carbons (Fsp3) is 0.200. The van der Waals surface area contributed by atoms with E-state index in [1.54, 1.807) is 0 Å². The third-order valence-electron chi connectivity index (χ3n) is 2.91. The molecule has 0 N–H and O–H groups in total. The van der Waals surface area contributed by atoms with E-state index in [1.807, 2.05) is 19.1 Å². The van der Waals surface area contributed by atoms with Gasteiger partial charge in [-0.3, -0.25) is 9.78 Å². The van der Waals surface area contributed by atoms with Crippen LogP contribution in [0.25, 0.3) is 11.3 Å². The smallest absolute Gasteiger partial charge is 0.151 e. The Morgan fingerprint density at radius 2 is 1.82 bits per heavy atom. The number of nitrogens with zero attached hydrogens (tertiary/aromatic N) is 1. The second kappa shape index (κ2) is 4.50. The van der Waals surface area contributed by atoms with E-state index in [2.05, 4.69) is 37.0 Å². The predicted octanol–water partition coefficient (Wildman–Crippen LogP) is 3.49. The maximum Gasteiger partial charge on any atom is 0.151 e. The van der Waals surface area contributed by atoms with Gasteiger partial charge < -0.3 is 0 Å². The van der Waals surface area contributed by atoms with Crippen molar-refractivity contribution in [1.82, 2.24) is 4.98 Å². The third-order valence-corrected chi connectivity index (χ3v) is 2.91. The summed E-state index contributed by atoms with van der Waals surface area (Å²) in [4.78, 5) is 15.2. The third kappa shape index (κ3) is 2.26. The Morgan fingerprint density at radius 1 is 1.06 bits per heavy atom. The standard InChI is InChI=1S/C15H15NO/c1-10-4-6-14(11(2)8-10)15-7-5-13(9-17)12(3)16-15/h4-9H,1-3H3. The first-order chi connectivity index (χ1) is 8.11. The molecule has 2 nitrogen and oxygen atoms in total. The van der Waals surface area contributed by atoms with E-state index in [9.17, 15) is 4.79 Å². The highest BCUT2D eigenvalue weighted by Crippen LogP contribution is 2.23. The lowest BCUT2D eigenvalue weighted by molar-refractivity contribution is 0.112. The molecule has 1 heterocycles. The zero-order chi connectivity index (χ0) is 12.4. The molecule has 0 aliphatic carbocycles. The van der Waals surface area contributed by atoms with Crippen LogP contribution in [0.4, 0.5) is 0 Å². The van der Waals surface area contributed by atoms with E-state index >= 15 is 0 Å². The van der Waals surface area contributed by atoms with Gasteiger partial charge in [-0.05, 0) is 38.5 Å². The first kappa shape index (κ1) is 11.5. The van der Waals surface area contributed by atoms with Gasteiger partial charge in [0.2, 0.25) is 0 Å². The van der Waals surface area contributed by atoms with Crippen molar-refractivity contribution in [2.24, 2.45) is 0 Å². The highest BCUT2D eigenvalue weighted by Gasteiger charge is 2.05. The molecule has 1 aromatic heterocycles. The topological polar surface area (TPSA) is 30.0 Å². The van der Waals surface area contributed by atoms with Crippen LogP contribution in [0.3, 0.4) is 0 Å². The highest BCUT2D eigenvalue weighted by molar-refractivity contribution is 5.77. The molecular weight excluding hydrogens is 210 g/mol. The molecule has 0 aliphatic heterocycles. The van der Waals surface area contributed by atoms with E-state index in [4.69, 9.17) is 0 Å². The van der Waals surface area contributed by atoms with Gasteiger partial charge in [-0.2, -0.15) is 0 Å². The van der Waals surface area contributed by atoms with E-state index in [0.717, 1.165) is 23.2 Å². The number of aryl methyl sites for hydroxylation is 3. The average Bonchev–Trinajstić information content (AvgIpc) is 2.29. The van der Waals surface area contributed by atoms with Crippen molar-refractivity contribution in [1.29, 1.82) is 0 Å². The fourth-order valence-corrected chi connectivity index (χ4v) is 1.95. The van der Waals surface area contributed by atoms with Gasteiger partial charge in [-0.25, -0.2) is 0 Å². The van der Waals surface area contributed by atoms with Gasteiger partial charge in [0.15, 0.2) is 6.29 Å². The van der Waals surface area contributed by atoms with Crippen LogP contribution in [0.1, 0.15) is 27.2 Å². The molecule has 0 bridgehead atoms. The Kier molecular flexibility index (Phi) is 3.05. The minimum atomic E-state index is 0.651. The lowest BCUT2D eigenvalue weighted by atomic mass is 10.0. The number of aromatic nitrogens is 1. The highest BCUT2D eigenvalue weighted by atomic mass is 16.1. The number of rotatable bonds is 2. The van der Waals surface area contributed by atoms with Crippen LogP contribution in [0.5, 0.6) is 0 Å². The first-order valence-electron chi connectivity index (χ1n) is 5.62. The van der Waals surface area contributed by atoms with Crippen molar-refractivity contribution in [2.75, 3.05) is 0 Å². The number of carbonyl (C=O) groups excluding carboxylic acids is 1. The first-order valence-corrected chi connectivity index (χ1v) is 5.62. The summed E-state index contributed by atoms with van der Waals surface area (Å²) >= 11 is 0. The molecule has 2 aromatic rings. The predicted molar refractivity (Wildman–Crippen MR) is 69.3 cm³/mol. The second-order valence-corrected chi connectivity index (χ2v) is 4.31. The van der Waals surface area contributed by atoms with Crippen LogP contribution in [0, 0.1) is 20.8 Å². The molecule has 0 radical (unpaired) electrons. The van der Waals surface area contributed by atoms with Crippen molar-refractivity contribution in [2.45, 2.75) is 20.8 Å². The van der Waals surface area contributed by atoms with E-state index < -0.39 is 0 Å². The van der Waals surface area contributed by atoms with Crippen molar-refractivity contribution >= 4 is 6.29 Å². The SMILES string of the molecule is Cc1ccc(-c2ccc(C=O)c(C)n2)c(C)c1. The largest absolute Gasteiger partial charge is 0.298 e. The maximum atomic E-state index is 10.7. The summed E-state index contributed by atoms with van der Waals surface area (Å²) in [6.45, 7) is 6.01. The Labute approximate surface area is 101 Å². The van der Waals surface area contributed by atoms with Crippen molar-refractivity contribution in [3.8, 4) is 11.3 Å². The average molecular weight is 225 g/mol. The molecule has 0 aliphatic rings. The number of pyridine rings is 1. The summed E-state index contributed by atoms with van der Waals surface area (Å²) in [5, 5.41) is 0. The molecule has 17 heavy (non-hydrogen) atoms. The lowest BCUT2D eigenvalue weighted by Crippen LogP contribution is -1.94. The Hall–Kier alpha value is -1.96. The molecule has 86 valence electrons. The molecule has 0 atom stereocenters. The van der Waals surface area contributed by atoms with Crippen LogP contribution >= 0.6 is 0 Å². The molecule has 0 amide bonds. The normalized spacial score (nSPS) is 10.3. The second-order valence-electron chi connectivity index (χ2n) is 4.31. The number of aldehydes is 1. The van der Waals surface area contributed by atoms with Crippen molar-refractivity contribution < 1.29 is 4.79 Å². The molecule has 0 saturated heterocycles. The summed E-state index contributed by atoms with van der Waals surface area (Å²) in [6, 6.07) is 10.0. The molecular formula is C15H15NO. The molecule has 2 rings (SSSR count). The zero-order valence-electron chi connectivity index (χ0n) is 10.3. The van der Waals surface area contributed by atoms with E-state index in [0.29, 0.717) is 5.56 Å². The Bertz CT molecular complexity index is 573. The molecule has 0 unspecified atom stereocenters. The Morgan fingerprint density at radius 3 is 2.41 bits per heavy atom. The van der Waals surface area contributed by atoms with E-state index in [1.165, 1.54) is 11.1 Å². The van der Waals surface area contributed by atoms with Crippen molar-refractivity contribution in [3.63, 3.8) is 0 Å². The number of hydrogen-bond acceptors (Lipinski definition) is 2. The van der Waals surface area contributed by atoms with Crippen molar-refractivity contribution in [3.05, 3.63) is 52.7 Å². The Balaban J connectivity index is 2.53. The van der Waals surface area contributed by atoms with Gasteiger partial charge >= 0.3 is 0 Å². The molecule has 0 spiro atoms. The van der Waals surface area contributed by atoms with Gasteiger partial charge in [-0.1, -0.05) is 23.8 Å². The summed E-state index contributed by atoms with van der Waals surface area (Å²) in [5.41, 5.74) is 5.92. The number of benzene rings is 1. The lowest BCUT2D eigenvalue weighted by Gasteiger charge is -2.08. The molecule has 2 heteroatoms. The van der Waals surface area contributed by atoms with Crippen LogP contribution in [-0.4, -0.2) is 11.3 Å². The van der Waals surface area contributed by atoms with Crippen LogP contribution < -0.4 is 0 Å². The summed E-state index contributed by atoms with van der Waals surface area (Å²) in [6.07, 6.45) is 0.841. The van der Waals surface area contributed by atoms with Gasteiger partial charge in [0, 0.05) is 16.8 Å². The van der Waals surface area contributed by atoms with Gasteiger partial charge in [0.05, 0.1) is 5.69 Å². The zero-order valence-corrected chi connectivity index (χ0v) is 10.3. The minimum Gasteiger partial charge on any atom is -0.298 e. The summed E-state index contributed by atoms with van der Waals surface area (Å²) < 4.78 is 0. The van der Waals surface area contributed by atoms with Gasteiger partial charge in [0.1, 0.15) is 0 Å². The van der Waals surface area contributed by atoms with Gasteiger partial charge in [0.25, 0.3) is 0 Å². The van der Waals surface area contributed by atoms with Gasteiger partial charge in [-0.15, -0.1) is 0 Å².